The van der Waals surface area contributed by atoms with E-state index in [1.54, 1.807) is 19.9 Å². The van der Waals surface area contributed by atoms with Gasteiger partial charge >= 0.3 is 0 Å². The third-order valence-corrected chi connectivity index (χ3v) is 1.96. The summed E-state index contributed by atoms with van der Waals surface area (Å²) in [6.07, 6.45) is 0. The number of para-hydroxylation sites is 1. The monoisotopic (exact) mass is 208 g/mol. The Hall–Kier alpha value is -1.55. The summed E-state index contributed by atoms with van der Waals surface area (Å²) in [5.74, 6) is -0.180. The fourth-order valence-electron chi connectivity index (χ4n) is 1.28. The van der Waals surface area contributed by atoms with E-state index in [-0.39, 0.29) is 5.91 Å². The first-order valence-corrected chi connectivity index (χ1v) is 4.76. The Morgan fingerprint density at radius 2 is 1.93 bits per heavy atom. The van der Waals surface area contributed by atoms with Crippen LogP contribution >= 0.6 is 0 Å². The summed E-state index contributed by atoms with van der Waals surface area (Å²) in [6.45, 7) is 4.81. The van der Waals surface area contributed by atoms with E-state index in [4.69, 9.17) is 0 Å². The van der Waals surface area contributed by atoms with Crippen molar-refractivity contribution in [1.29, 1.82) is 0 Å². The van der Waals surface area contributed by atoms with Crippen LogP contribution in [0.4, 0.5) is 5.69 Å². The van der Waals surface area contributed by atoms with E-state index in [2.05, 4.69) is 10.9 Å². The van der Waals surface area contributed by atoms with Crippen LogP contribution in [0.2, 0.25) is 0 Å². The maximum absolute atomic E-state index is 10.7. The molecule has 15 heavy (non-hydrogen) atoms. The summed E-state index contributed by atoms with van der Waals surface area (Å²) in [5.41, 5.74) is 5.72. The van der Waals surface area contributed by atoms with Crippen molar-refractivity contribution < 1.29 is 9.90 Å². The molecule has 0 saturated carbocycles. The lowest BCUT2D eigenvalue weighted by Gasteiger charge is -2.22. The lowest BCUT2D eigenvalue weighted by Crippen LogP contribution is -2.29. The SMILES string of the molecule is CC(=O)NNc1ccccc1C(C)(C)O. The quantitative estimate of drug-likeness (QED) is 0.657. The molecule has 0 bridgehead atoms. The van der Waals surface area contributed by atoms with Crippen LogP contribution in [0.25, 0.3) is 0 Å². The summed E-state index contributed by atoms with van der Waals surface area (Å²) < 4.78 is 0. The molecule has 0 atom stereocenters. The van der Waals surface area contributed by atoms with Gasteiger partial charge in [0, 0.05) is 12.5 Å². The minimum Gasteiger partial charge on any atom is -0.386 e. The van der Waals surface area contributed by atoms with Gasteiger partial charge < -0.3 is 5.11 Å². The molecular weight excluding hydrogens is 192 g/mol. The number of anilines is 1. The Morgan fingerprint density at radius 3 is 2.47 bits per heavy atom. The highest BCUT2D eigenvalue weighted by atomic mass is 16.3. The van der Waals surface area contributed by atoms with Gasteiger partial charge in [0.25, 0.3) is 0 Å². The van der Waals surface area contributed by atoms with E-state index in [9.17, 15) is 9.90 Å². The first kappa shape index (κ1) is 11.5. The maximum atomic E-state index is 10.7. The maximum Gasteiger partial charge on any atom is 0.235 e. The number of nitrogens with one attached hydrogen (secondary N) is 2. The summed E-state index contributed by atoms with van der Waals surface area (Å²) >= 11 is 0. The van der Waals surface area contributed by atoms with Crippen molar-refractivity contribution >= 4 is 11.6 Å². The van der Waals surface area contributed by atoms with Gasteiger partial charge in [0.05, 0.1) is 11.3 Å². The number of hydrogen-bond donors (Lipinski definition) is 3. The van der Waals surface area contributed by atoms with E-state index in [0.717, 1.165) is 5.56 Å². The van der Waals surface area contributed by atoms with Gasteiger partial charge in [0.2, 0.25) is 5.91 Å². The largest absolute Gasteiger partial charge is 0.386 e. The highest BCUT2D eigenvalue weighted by Gasteiger charge is 2.19. The Bertz CT molecular complexity index is 356. The van der Waals surface area contributed by atoms with Crippen LogP contribution in [0.5, 0.6) is 0 Å². The van der Waals surface area contributed by atoms with Gasteiger partial charge in [0.1, 0.15) is 0 Å². The van der Waals surface area contributed by atoms with Gasteiger partial charge in [-0.1, -0.05) is 18.2 Å². The Morgan fingerprint density at radius 1 is 1.33 bits per heavy atom. The molecule has 0 radical (unpaired) electrons. The zero-order chi connectivity index (χ0) is 11.5. The number of amides is 1. The van der Waals surface area contributed by atoms with Crippen LogP contribution in [-0.4, -0.2) is 11.0 Å². The molecule has 0 heterocycles. The molecule has 4 nitrogen and oxygen atoms in total. The average molecular weight is 208 g/mol. The average Bonchev–Trinajstić information content (AvgIpc) is 2.13. The van der Waals surface area contributed by atoms with Crippen molar-refractivity contribution in [3.8, 4) is 0 Å². The summed E-state index contributed by atoms with van der Waals surface area (Å²) in [5, 5.41) is 9.88. The lowest BCUT2D eigenvalue weighted by atomic mass is 9.97. The molecule has 0 aliphatic heterocycles. The van der Waals surface area contributed by atoms with Gasteiger partial charge in [-0.2, -0.15) is 0 Å². The van der Waals surface area contributed by atoms with Crippen molar-refractivity contribution in [2.24, 2.45) is 0 Å². The second-order valence-corrected chi connectivity index (χ2v) is 3.91. The topological polar surface area (TPSA) is 61.4 Å². The standard InChI is InChI=1S/C11H16N2O2/c1-8(14)12-13-10-7-5-4-6-9(10)11(2,3)15/h4-7,13,15H,1-3H3,(H,12,14). The third kappa shape index (κ3) is 3.25. The van der Waals surface area contributed by atoms with Gasteiger partial charge in [0.15, 0.2) is 0 Å². The highest BCUT2D eigenvalue weighted by molar-refractivity contribution is 5.74. The fourth-order valence-corrected chi connectivity index (χ4v) is 1.28. The molecule has 0 unspecified atom stereocenters. The van der Waals surface area contributed by atoms with Crippen LogP contribution in [0, 0.1) is 0 Å². The second kappa shape index (κ2) is 4.31. The predicted molar refractivity (Wildman–Crippen MR) is 59.1 cm³/mol. The molecule has 1 rings (SSSR count). The summed E-state index contributed by atoms with van der Waals surface area (Å²) in [7, 11) is 0. The van der Waals surface area contributed by atoms with E-state index >= 15 is 0 Å². The molecule has 0 saturated heterocycles. The minimum absolute atomic E-state index is 0.180. The molecule has 0 spiro atoms. The normalized spacial score (nSPS) is 10.9. The molecular formula is C11H16N2O2. The highest BCUT2D eigenvalue weighted by Crippen LogP contribution is 2.26. The molecule has 4 heteroatoms. The van der Waals surface area contributed by atoms with Crippen molar-refractivity contribution in [2.75, 3.05) is 5.43 Å². The molecule has 1 aromatic carbocycles. The van der Waals surface area contributed by atoms with Crippen molar-refractivity contribution in [1.82, 2.24) is 5.43 Å². The number of rotatable bonds is 3. The van der Waals surface area contributed by atoms with Crippen molar-refractivity contribution in [2.45, 2.75) is 26.4 Å². The van der Waals surface area contributed by atoms with Crippen LogP contribution in [-0.2, 0) is 10.4 Å². The van der Waals surface area contributed by atoms with Crippen LogP contribution in [0.15, 0.2) is 24.3 Å². The van der Waals surface area contributed by atoms with Gasteiger partial charge in [-0.15, -0.1) is 0 Å². The number of aliphatic hydroxyl groups is 1. The summed E-state index contributed by atoms with van der Waals surface area (Å²) in [4.78, 5) is 10.7. The Labute approximate surface area is 89.3 Å². The van der Waals surface area contributed by atoms with E-state index in [0.29, 0.717) is 5.69 Å². The first-order valence-electron chi connectivity index (χ1n) is 4.76. The van der Waals surface area contributed by atoms with Crippen molar-refractivity contribution in [3.05, 3.63) is 29.8 Å². The Kier molecular flexibility index (Phi) is 3.31. The third-order valence-electron chi connectivity index (χ3n) is 1.96. The van der Waals surface area contributed by atoms with Gasteiger partial charge in [-0.05, 0) is 19.9 Å². The zero-order valence-corrected chi connectivity index (χ0v) is 9.16. The van der Waals surface area contributed by atoms with Crippen LogP contribution < -0.4 is 10.9 Å². The molecule has 1 amide bonds. The Balaban J connectivity index is 2.92. The predicted octanol–water partition coefficient (Wildman–Crippen LogP) is 1.38. The lowest BCUT2D eigenvalue weighted by molar-refractivity contribution is -0.118. The molecule has 3 N–H and O–H groups in total. The fraction of sp³-hybridized carbons (Fsp3) is 0.364. The zero-order valence-electron chi connectivity index (χ0n) is 9.16. The molecule has 1 aromatic rings. The van der Waals surface area contributed by atoms with Crippen LogP contribution in [0.3, 0.4) is 0 Å². The number of carbonyl (C=O) groups excluding carboxylic acids is 1. The van der Waals surface area contributed by atoms with Crippen LogP contribution in [0.1, 0.15) is 26.3 Å². The van der Waals surface area contributed by atoms with E-state index in [1.807, 2.05) is 18.2 Å². The van der Waals surface area contributed by atoms with Gasteiger partial charge in [-0.25, -0.2) is 0 Å². The smallest absolute Gasteiger partial charge is 0.235 e. The molecule has 0 aliphatic rings. The molecule has 0 fully saturated rings. The molecule has 0 aliphatic carbocycles. The molecule has 82 valence electrons. The van der Waals surface area contributed by atoms with Gasteiger partial charge in [-0.3, -0.25) is 15.6 Å². The van der Waals surface area contributed by atoms with E-state index in [1.165, 1.54) is 6.92 Å². The molecule has 0 aromatic heterocycles. The number of carbonyl (C=O) groups is 1. The minimum atomic E-state index is -0.942. The summed E-state index contributed by atoms with van der Waals surface area (Å²) in [6, 6.07) is 7.28. The number of hydrazine groups is 1. The number of benzene rings is 1. The second-order valence-electron chi connectivity index (χ2n) is 3.91. The number of hydrogen-bond acceptors (Lipinski definition) is 3. The first-order chi connectivity index (χ1) is 6.91. The van der Waals surface area contributed by atoms with Crippen molar-refractivity contribution in [3.63, 3.8) is 0 Å². The van der Waals surface area contributed by atoms with E-state index < -0.39 is 5.60 Å².